The lowest BCUT2D eigenvalue weighted by Gasteiger charge is -2.20. The summed E-state index contributed by atoms with van der Waals surface area (Å²) in [6.45, 7) is 0.0833. The molecule has 0 atom stereocenters. The van der Waals surface area contributed by atoms with Crippen LogP contribution >= 0.6 is 0 Å². The van der Waals surface area contributed by atoms with E-state index in [9.17, 15) is 24.5 Å². The van der Waals surface area contributed by atoms with Gasteiger partial charge in [0.25, 0.3) is 11.6 Å². The molecule has 0 aromatic heterocycles. The molecule has 0 saturated carbocycles. The second-order valence-electron chi connectivity index (χ2n) is 9.10. The second kappa shape index (κ2) is 11.2. The molecule has 1 aliphatic heterocycles. The van der Waals surface area contributed by atoms with Crippen molar-refractivity contribution in [3.05, 3.63) is 93.5 Å². The van der Waals surface area contributed by atoms with Crippen LogP contribution in [0.25, 0.3) is 11.3 Å². The van der Waals surface area contributed by atoms with Crippen LogP contribution in [-0.4, -0.2) is 62.4 Å². The molecule has 1 aliphatic rings. The average molecular weight is 530 g/mol. The van der Waals surface area contributed by atoms with Crippen molar-refractivity contribution >= 4 is 51.8 Å². The fraction of sp³-hybridized carbons (Fsp3) is 0.179. The molecular formula is C28H27N5O6. The maximum absolute atomic E-state index is 13.2. The first-order valence-electron chi connectivity index (χ1n) is 11.9. The van der Waals surface area contributed by atoms with E-state index in [0.29, 0.717) is 28.2 Å². The number of benzene rings is 3. The van der Waals surface area contributed by atoms with Gasteiger partial charge in [0.1, 0.15) is 5.69 Å². The SMILES string of the molecule is COC(=O)c1ccc2c(c1)C(=C(Nc1ccc(N(C)C(=O)CN(C)C)c([N+](=O)[O-])c1)c1ccccc1)C(=O)N2. The van der Waals surface area contributed by atoms with Crippen LogP contribution in [0.4, 0.5) is 22.7 Å². The summed E-state index contributed by atoms with van der Waals surface area (Å²) >= 11 is 0. The molecule has 0 spiro atoms. The molecule has 2 amide bonds. The normalized spacial score (nSPS) is 13.4. The molecule has 200 valence electrons. The highest BCUT2D eigenvalue weighted by molar-refractivity contribution is 6.37. The summed E-state index contributed by atoms with van der Waals surface area (Å²) in [6, 6.07) is 18.2. The minimum absolute atomic E-state index is 0.0833. The Morgan fingerprint density at radius 3 is 2.36 bits per heavy atom. The third kappa shape index (κ3) is 5.63. The minimum Gasteiger partial charge on any atom is -0.465 e. The lowest BCUT2D eigenvalue weighted by Crippen LogP contribution is -2.35. The number of nitrogens with zero attached hydrogens (tertiary/aromatic N) is 3. The van der Waals surface area contributed by atoms with Crippen LogP contribution in [0.3, 0.4) is 0 Å². The van der Waals surface area contributed by atoms with Crippen LogP contribution in [-0.2, 0) is 14.3 Å². The van der Waals surface area contributed by atoms with E-state index in [2.05, 4.69) is 10.6 Å². The number of likely N-dealkylation sites (N-methyl/N-ethyl adjacent to an activating group) is 2. The first-order valence-corrected chi connectivity index (χ1v) is 11.9. The largest absolute Gasteiger partial charge is 0.465 e. The number of ether oxygens (including phenoxy) is 1. The summed E-state index contributed by atoms with van der Waals surface area (Å²) in [6.07, 6.45) is 0. The van der Waals surface area contributed by atoms with Crippen LogP contribution in [0.1, 0.15) is 21.5 Å². The Balaban J connectivity index is 1.83. The average Bonchev–Trinajstić information content (AvgIpc) is 3.25. The molecule has 11 nitrogen and oxygen atoms in total. The van der Waals surface area contributed by atoms with E-state index in [0.717, 1.165) is 0 Å². The van der Waals surface area contributed by atoms with Crippen molar-refractivity contribution in [2.45, 2.75) is 0 Å². The van der Waals surface area contributed by atoms with Crippen LogP contribution in [0, 0.1) is 10.1 Å². The van der Waals surface area contributed by atoms with Gasteiger partial charge in [-0.15, -0.1) is 0 Å². The Labute approximate surface area is 224 Å². The topological polar surface area (TPSA) is 134 Å². The van der Waals surface area contributed by atoms with Crippen molar-refractivity contribution in [1.29, 1.82) is 0 Å². The number of methoxy groups -OCH3 is 1. The molecule has 0 saturated heterocycles. The Hall–Kier alpha value is -5.03. The lowest BCUT2D eigenvalue weighted by molar-refractivity contribution is -0.384. The maximum atomic E-state index is 13.2. The van der Waals surface area contributed by atoms with Crippen LogP contribution in [0.15, 0.2) is 66.7 Å². The number of carbonyl (C=O) groups is 3. The fourth-order valence-corrected chi connectivity index (χ4v) is 4.23. The van der Waals surface area contributed by atoms with E-state index in [4.69, 9.17) is 4.74 Å². The van der Waals surface area contributed by atoms with Gasteiger partial charge in [-0.3, -0.25) is 19.7 Å². The zero-order valence-electron chi connectivity index (χ0n) is 21.8. The third-order valence-electron chi connectivity index (χ3n) is 6.13. The monoisotopic (exact) mass is 529 g/mol. The van der Waals surface area contributed by atoms with Gasteiger partial charge < -0.3 is 25.2 Å². The number of carbonyl (C=O) groups excluding carboxylic acids is 3. The Kier molecular flexibility index (Phi) is 7.73. The van der Waals surface area contributed by atoms with E-state index in [-0.39, 0.29) is 35.0 Å². The molecule has 1 heterocycles. The minimum atomic E-state index is -0.560. The van der Waals surface area contributed by atoms with Gasteiger partial charge in [0, 0.05) is 30.1 Å². The molecule has 0 aliphatic carbocycles. The van der Waals surface area contributed by atoms with Gasteiger partial charge >= 0.3 is 5.97 Å². The van der Waals surface area contributed by atoms with Crippen LogP contribution < -0.4 is 15.5 Å². The number of nitro benzene ring substituents is 1. The van der Waals surface area contributed by atoms with Crippen molar-refractivity contribution in [2.24, 2.45) is 0 Å². The highest BCUT2D eigenvalue weighted by atomic mass is 16.6. The summed E-state index contributed by atoms with van der Waals surface area (Å²) in [4.78, 5) is 52.3. The summed E-state index contributed by atoms with van der Waals surface area (Å²) in [7, 11) is 6.22. The van der Waals surface area contributed by atoms with Gasteiger partial charge in [-0.05, 0) is 50.0 Å². The molecule has 11 heteroatoms. The number of anilines is 3. The van der Waals surface area contributed by atoms with Crippen LogP contribution in [0.2, 0.25) is 0 Å². The molecule has 4 rings (SSSR count). The molecular weight excluding hydrogens is 502 g/mol. The molecule has 3 aromatic rings. The Morgan fingerprint density at radius 1 is 1.00 bits per heavy atom. The number of nitro groups is 1. The number of hydrogen-bond acceptors (Lipinski definition) is 8. The molecule has 3 aromatic carbocycles. The van der Waals surface area contributed by atoms with Gasteiger partial charge in [-0.25, -0.2) is 4.79 Å². The molecule has 0 bridgehead atoms. The van der Waals surface area contributed by atoms with Crippen molar-refractivity contribution in [2.75, 3.05) is 50.3 Å². The van der Waals surface area contributed by atoms with Crippen molar-refractivity contribution in [3.8, 4) is 0 Å². The smallest absolute Gasteiger partial charge is 0.337 e. The Morgan fingerprint density at radius 2 is 1.72 bits per heavy atom. The van der Waals surface area contributed by atoms with E-state index in [1.807, 2.05) is 6.07 Å². The Bertz CT molecular complexity index is 1500. The van der Waals surface area contributed by atoms with Crippen LogP contribution in [0.5, 0.6) is 0 Å². The van der Waals surface area contributed by atoms with Gasteiger partial charge in [-0.1, -0.05) is 30.3 Å². The molecule has 0 unspecified atom stereocenters. The maximum Gasteiger partial charge on any atom is 0.337 e. The molecule has 0 fully saturated rings. The number of rotatable bonds is 8. The zero-order valence-corrected chi connectivity index (χ0v) is 21.8. The predicted octanol–water partition coefficient (Wildman–Crippen LogP) is 3.84. The quantitative estimate of drug-likeness (QED) is 0.195. The lowest BCUT2D eigenvalue weighted by atomic mass is 9.98. The number of nitrogens with one attached hydrogen (secondary N) is 2. The van der Waals surface area contributed by atoms with Crippen molar-refractivity contribution in [3.63, 3.8) is 0 Å². The number of fused-ring (bicyclic) bond motifs is 1. The number of hydrogen-bond donors (Lipinski definition) is 2. The van der Waals surface area contributed by atoms with E-state index in [1.54, 1.807) is 67.5 Å². The molecule has 0 radical (unpaired) electrons. The van der Waals surface area contributed by atoms with Gasteiger partial charge in [-0.2, -0.15) is 0 Å². The summed E-state index contributed by atoms with van der Waals surface area (Å²) in [5.74, 6) is -1.26. The molecule has 39 heavy (non-hydrogen) atoms. The van der Waals surface area contributed by atoms with Crippen molar-refractivity contribution in [1.82, 2.24) is 4.90 Å². The second-order valence-corrected chi connectivity index (χ2v) is 9.10. The molecule has 2 N–H and O–H groups in total. The first-order chi connectivity index (χ1) is 18.6. The van der Waals surface area contributed by atoms with Gasteiger partial charge in [0.05, 0.1) is 35.4 Å². The summed E-state index contributed by atoms with van der Waals surface area (Å²) < 4.78 is 4.83. The predicted molar refractivity (Wildman–Crippen MR) is 148 cm³/mol. The fourth-order valence-electron chi connectivity index (χ4n) is 4.23. The van der Waals surface area contributed by atoms with Gasteiger partial charge in [0.15, 0.2) is 0 Å². The third-order valence-corrected chi connectivity index (χ3v) is 6.13. The standard InChI is InChI=1S/C28H27N5O6/c1-31(2)16-24(34)32(3)22-13-11-19(15-23(22)33(37)38)29-26(17-8-6-5-7-9-17)25-20-14-18(28(36)39-4)10-12-21(20)30-27(25)35/h5-15,29H,16H2,1-4H3,(H,30,35). The highest BCUT2D eigenvalue weighted by Gasteiger charge is 2.30. The number of esters is 1. The summed E-state index contributed by atoms with van der Waals surface area (Å²) in [5, 5.41) is 18.0. The van der Waals surface area contributed by atoms with E-state index >= 15 is 0 Å². The van der Waals surface area contributed by atoms with E-state index in [1.165, 1.54) is 31.2 Å². The number of amides is 2. The summed E-state index contributed by atoms with van der Waals surface area (Å²) in [5.41, 5.74) is 2.73. The first kappa shape index (κ1) is 27.0. The zero-order chi connectivity index (χ0) is 28.3. The highest BCUT2D eigenvalue weighted by Crippen LogP contribution is 2.39. The van der Waals surface area contributed by atoms with Gasteiger partial charge in [0.2, 0.25) is 5.91 Å². The van der Waals surface area contributed by atoms with Crippen molar-refractivity contribution < 1.29 is 24.0 Å². The van der Waals surface area contributed by atoms with E-state index < -0.39 is 16.8 Å².